The van der Waals surface area contributed by atoms with Gasteiger partial charge >= 0.3 is 0 Å². The number of hydrogen-bond donors (Lipinski definition) is 2. The van der Waals surface area contributed by atoms with E-state index in [1.54, 1.807) is 41.3 Å². The summed E-state index contributed by atoms with van der Waals surface area (Å²) in [5.41, 5.74) is 1.61. The molecular formula is C23H27Cl2N3O3. The Hall–Kier alpha value is -2.44. The molecule has 1 fully saturated rings. The Labute approximate surface area is 192 Å². The molecule has 0 aliphatic heterocycles. The van der Waals surface area contributed by atoms with E-state index >= 15 is 0 Å². The van der Waals surface area contributed by atoms with Crippen LogP contribution in [0.2, 0.25) is 10.0 Å². The van der Waals surface area contributed by atoms with Crippen molar-refractivity contribution in [1.29, 1.82) is 0 Å². The molecule has 0 spiro atoms. The third-order valence-corrected chi connectivity index (χ3v) is 6.08. The first-order valence-electron chi connectivity index (χ1n) is 10.3. The van der Waals surface area contributed by atoms with Crippen LogP contribution >= 0.6 is 23.2 Å². The molecule has 0 saturated heterocycles. The van der Waals surface area contributed by atoms with E-state index in [9.17, 15) is 9.59 Å². The topological polar surface area (TPSA) is 70.7 Å². The molecule has 6 nitrogen and oxygen atoms in total. The number of hydrogen-bond acceptors (Lipinski definition) is 4. The van der Waals surface area contributed by atoms with Gasteiger partial charge in [0.25, 0.3) is 5.91 Å². The van der Waals surface area contributed by atoms with Crippen LogP contribution in [0, 0.1) is 0 Å². The van der Waals surface area contributed by atoms with Gasteiger partial charge in [-0.1, -0.05) is 42.5 Å². The summed E-state index contributed by atoms with van der Waals surface area (Å²) in [5.74, 6) is 0.175. The molecule has 0 atom stereocenters. The van der Waals surface area contributed by atoms with Crippen molar-refractivity contribution in [2.75, 3.05) is 31.3 Å². The van der Waals surface area contributed by atoms with Crippen molar-refractivity contribution in [2.45, 2.75) is 38.1 Å². The predicted octanol–water partition coefficient (Wildman–Crippen LogP) is 5.46. The first-order valence-corrected chi connectivity index (χ1v) is 11.1. The molecule has 31 heavy (non-hydrogen) atoms. The van der Waals surface area contributed by atoms with Gasteiger partial charge in [-0.2, -0.15) is 0 Å². The summed E-state index contributed by atoms with van der Waals surface area (Å²) < 4.78 is 5.23. The Kier molecular flexibility index (Phi) is 8.04. The SMILES string of the molecule is COc1ccc(Cl)cc1NC(=O)CNc1ccc(C(=O)N(C)C2CCCCC2)c(Cl)c1. The lowest BCUT2D eigenvalue weighted by Gasteiger charge is -2.31. The van der Waals surface area contributed by atoms with E-state index in [0.29, 0.717) is 32.7 Å². The third kappa shape index (κ3) is 6.05. The van der Waals surface area contributed by atoms with Crippen LogP contribution in [0.15, 0.2) is 36.4 Å². The normalized spacial score (nSPS) is 14.1. The molecule has 2 amide bonds. The zero-order valence-electron chi connectivity index (χ0n) is 17.7. The van der Waals surface area contributed by atoms with Crippen molar-refractivity contribution in [2.24, 2.45) is 0 Å². The van der Waals surface area contributed by atoms with Gasteiger partial charge < -0.3 is 20.3 Å². The molecule has 0 unspecified atom stereocenters. The highest BCUT2D eigenvalue weighted by Crippen LogP contribution is 2.28. The highest BCUT2D eigenvalue weighted by atomic mass is 35.5. The molecule has 2 N–H and O–H groups in total. The number of benzene rings is 2. The molecule has 8 heteroatoms. The molecule has 0 aromatic heterocycles. The van der Waals surface area contributed by atoms with E-state index < -0.39 is 0 Å². The first kappa shape index (κ1) is 23.2. The largest absolute Gasteiger partial charge is 0.495 e. The van der Waals surface area contributed by atoms with Gasteiger partial charge in [-0.05, 0) is 49.2 Å². The van der Waals surface area contributed by atoms with E-state index in [1.165, 1.54) is 13.5 Å². The number of carbonyl (C=O) groups excluding carboxylic acids is 2. The van der Waals surface area contributed by atoms with Crippen LogP contribution in [0.25, 0.3) is 0 Å². The molecule has 166 valence electrons. The number of halogens is 2. The van der Waals surface area contributed by atoms with Crippen molar-refractivity contribution >= 4 is 46.4 Å². The quantitative estimate of drug-likeness (QED) is 0.571. The molecule has 0 heterocycles. The highest BCUT2D eigenvalue weighted by Gasteiger charge is 2.24. The van der Waals surface area contributed by atoms with Crippen LogP contribution in [0.3, 0.4) is 0 Å². The minimum Gasteiger partial charge on any atom is -0.495 e. The van der Waals surface area contributed by atoms with Gasteiger partial charge in [-0.25, -0.2) is 0 Å². The lowest BCUT2D eigenvalue weighted by Crippen LogP contribution is -2.38. The summed E-state index contributed by atoms with van der Waals surface area (Å²) in [5, 5.41) is 6.64. The number of carbonyl (C=O) groups is 2. The Morgan fingerprint density at radius 2 is 1.84 bits per heavy atom. The summed E-state index contributed by atoms with van der Waals surface area (Å²) in [6.07, 6.45) is 5.61. The van der Waals surface area contributed by atoms with Crippen LogP contribution in [0.5, 0.6) is 5.75 Å². The number of anilines is 2. The molecule has 3 rings (SSSR count). The second-order valence-electron chi connectivity index (χ2n) is 7.65. The van der Waals surface area contributed by atoms with E-state index in [4.69, 9.17) is 27.9 Å². The predicted molar refractivity (Wildman–Crippen MR) is 126 cm³/mol. The van der Waals surface area contributed by atoms with E-state index in [1.807, 2.05) is 7.05 Å². The number of amides is 2. The van der Waals surface area contributed by atoms with Gasteiger partial charge in [0.15, 0.2) is 0 Å². The number of methoxy groups -OCH3 is 1. The van der Waals surface area contributed by atoms with Crippen LogP contribution in [-0.2, 0) is 4.79 Å². The smallest absolute Gasteiger partial charge is 0.255 e. The van der Waals surface area contributed by atoms with Gasteiger partial charge in [-0.3, -0.25) is 9.59 Å². The maximum atomic E-state index is 12.9. The number of nitrogens with zero attached hydrogens (tertiary/aromatic N) is 1. The average molecular weight is 464 g/mol. The van der Waals surface area contributed by atoms with E-state index in [2.05, 4.69) is 10.6 Å². The molecular weight excluding hydrogens is 437 g/mol. The average Bonchev–Trinajstić information content (AvgIpc) is 2.77. The van der Waals surface area contributed by atoms with Gasteiger partial charge in [0.05, 0.1) is 29.9 Å². The van der Waals surface area contributed by atoms with Crippen LogP contribution in [-0.4, -0.2) is 43.5 Å². The van der Waals surface area contributed by atoms with Crippen LogP contribution < -0.4 is 15.4 Å². The summed E-state index contributed by atoms with van der Waals surface area (Å²) >= 11 is 12.4. The molecule has 1 aliphatic rings. The molecule has 0 bridgehead atoms. The zero-order chi connectivity index (χ0) is 22.4. The molecule has 2 aromatic carbocycles. The second kappa shape index (κ2) is 10.7. The monoisotopic (exact) mass is 463 g/mol. The van der Waals surface area contributed by atoms with Gasteiger partial charge in [0.1, 0.15) is 5.75 Å². The van der Waals surface area contributed by atoms with Crippen LogP contribution in [0.4, 0.5) is 11.4 Å². The Balaban J connectivity index is 1.59. The highest BCUT2D eigenvalue weighted by molar-refractivity contribution is 6.34. The minimum absolute atomic E-state index is 0.0151. The standard InChI is InChI=1S/C23H27Cl2N3O3/c1-28(17-6-4-3-5-7-17)23(30)18-10-9-16(13-19(18)25)26-14-22(29)27-20-12-15(24)8-11-21(20)31-2/h8-13,17,26H,3-7,14H2,1-2H3,(H,27,29). The Morgan fingerprint density at radius 1 is 1.10 bits per heavy atom. The van der Waals surface area contributed by atoms with Gasteiger partial charge in [-0.15, -0.1) is 0 Å². The summed E-state index contributed by atoms with van der Waals surface area (Å²) in [6.45, 7) is 0.0151. The maximum absolute atomic E-state index is 12.9. The van der Waals surface area contributed by atoms with Crippen molar-refractivity contribution in [3.8, 4) is 5.75 Å². The molecule has 2 aromatic rings. The zero-order valence-corrected chi connectivity index (χ0v) is 19.2. The van der Waals surface area contributed by atoms with Crippen LogP contribution in [0.1, 0.15) is 42.5 Å². The fraction of sp³-hybridized carbons (Fsp3) is 0.391. The fourth-order valence-electron chi connectivity index (χ4n) is 3.78. The fourth-order valence-corrected chi connectivity index (χ4v) is 4.21. The summed E-state index contributed by atoms with van der Waals surface area (Å²) in [6, 6.07) is 10.4. The lowest BCUT2D eigenvalue weighted by atomic mass is 9.94. The number of ether oxygens (including phenoxy) is 1. The van der Waals surface area contributed by atoms with E-state index in [-0.39, 0.29) is 24.4 Å². The minimum atomic E-state index is -0.270. The van der Waals surface area contributed by atoms with E-state index in [0.717, 1.165) is 25.7 Å². The second-order valence-corrected chi connectivity index (χ2v) is 8.49. The molecule has 0 radical (unpaired) electrons. The van der Waals surface area contributed by atoms with Crippen molar-refractivity contribution < 1.29 is 14.3 Å². The van der Waals surface area contributed by atoms with Gasteiger partial charge in [0, 0.05) is 23.8 Å². The van der Waals surface area contributed by atoms with Crippen molar-refractivity contribution in [3.05, 3.63) is 52.0 Å². The number of nitrogens with one attached hydrogen (secondary N) is 2. The van der Waals surface area contributed by atoms with Crippen molar-refractivity contribution in [1.82, 2.24) is 4.90 Å². The molecule has 1 saturated carbocycles. The summed E-state index contributed by atoms with van der Waals surface area (Å²) in [4.78, 5) is 27.0. The lowest BCUT2D eigenvalue weighted by molar-refractivity contribution is -0.114. The maximum Gasteiger partial charge on any atom is 0.255 e. The first-order chi connectivity index (χ1) is 14.9. The summed E-state index contributed by atoms with van der Waals surface area (Å²) in [7, 11) is 3.36. The number of rotatable bonds is 7. The molecule has 1 aliphatic carbocycles. The Morgan fingerprint density at radius 3 is 2.52 bits per heavy atom. The van der Waals surface area contributed by atoms with Crippen molar-refractivity contribution in [3.63, 3.8) is 0 Å². The van der Waals surface area contributed by atoms with Gasteiger partial charge in [0.2, 0.25) is 5.91 Å². The third-order valence-electron chi connectivity index (χ3n) is 5.53. The Bertz CT molecular complexity index is 946.